The molecule has 0 saturated carbocycles. The fraction of sp³-hybridized carbons (Fsp3) is 0.818. The fourth-order valence-corrected chi connectivity index (χ4v) is 3.34. The molecule has 0 radical (unpaired) electrons. The van der Waals surface area contributed by atoms with Crippen LogP contribution in [0.1, 0.15) is 19.8 Å². The molecule has 1 saturated heterocycles. The van der Waals surface area contributed by atoms with Crippen LogP contribution in [0.15, 0.2) is 0 Å². The van der Waals surface area contributed by atoms with Crippen LogP contribution in [0.4, 0.5) is 0 Å². The molecule has 1 rings (SSSR count). The van der Waals surface area contributed by atoms with Crippen molar-refractivity contribution in [1.82, 2.24) is 9.21 Å². The molecule has 110 valence electrons. The first-order valence-electron chi connectivity index (χ1n) is 6.09. The zero-order valence-electron chi connectivity index (χ0n) is 11.4. The van der Waals surface area contributed by atoms with Gasteiger partial charge in [-0.3, -0.25) is 9.59 Å². The first-order chi connectivity index (χ1) is 8.64. The van der Waals surface area contributed by atoms with E-state index in [1.165, 1.54) is 23.2 Å². The van der Waals surface area contributed by atoms with Gasteiger partial charge >= 0.3 is 5.97 Å². The first-order valence-corrected chi connectivity index (χ1v) is 7.94. The standard InChI is InChI=1S/C11H20N2O5S/c1-8(11(15)16)7-12(2)10(14)9-5-4-6-13(9)19(3,17)18/h8-9H,4-7H2,1-3H3,(H,15,16)/t8-,9+/m1/s1. The average Bonchev–Trinajstić information content (AvgIpc) is 2.75. The van der Waals surface area contributed by atoms with Crippen molar-refractivity contribution in [2.24, 2.45) is 5.92 Å². The van der Waals surface area contributed by atoms with E-state index in [1.54, 1.807) is 0 Å². The van der Waals surface area contributed by atoms with Crippen molar-refractivity contribution >= 4 is 21.9 Å². The Labute approximate surface area is 113 Å². The number of likely N-dealkylation sites (N-methyl/N-ethyl adjacent to an activating group) is 1. The van der Waals surface area contributed by atoms with Crippen molar-refractivity contribution in [3.8, 4) is 0 Å². The third kappa shape index (κ3) is 3.90. The fourth-order valence-electron chi connectivity index (χ4n) is 2.22. The maximum Gasteiger partial charge on any atom is 0.308 e. The van der Waals surface area contributed by atoms with Crippen molar-refractivity contribution in [1.29, 1.82) is 0 Å². The minimum atomic E-state index is -3.41. The zero-order valence-corrected chi connectivity index (χ0v) is 12.2. The third-order valence-electron chi connectivity index (χ3n) is 3.26. The Morgan fingerprint density at radius 3 is 2.53 bits per heavy atom. The number of rotatable bonds is 5. The van der Waals surface area contributed by atoms with Gasteiger partial charge in [0.25, 0.3) is 0 Å². The maximum atomic E-state index is 12.2. The van der Waals surface area contributed by atoms with Crippen LogP contribution in [0.3, 0.4) is 0 Å². The molecule has 0 aromatic rings. The maximum absolute atomic E-state index is 12.2. The van der Waals surface area contributed by atoms with Gasteiger partial charge in [-0.25, -0.2) is 8.42 Å². The van der Waals surface area contributed by atoms with Gasteiger partial charge in [0, 0.05) is 20.1 Å². The second kappa shape index (κ2) is 5.87. The molecular weight excluding hydrogens is 272 g/mol. The highest BCUT2D eigenvalue weighted by Gasteiger charge is 2.38. The molecule has 0 unspecified atom stereocenters. The van der Waals surface area contributed by atoms with Crippen LogP contribution in [0.2, 0.25) is 0 Å². The molecule has 19 heavy (non-hydrogen) atoms. The summed E-state index contributed by atoms with van der Waals surface area (Å²) in [4.78, 5) is 24.2. The van der Waals surface area contributed by atoms with Crippen molar-refractivity contribution in [2.75, 3.05) is 26.4 Å². The van der Waals surface area contributed by atoms with E-state index in [9.17, 15) is 18.0 Å². The number of hydrogen-bond donors (Lipinski definition) is 1. The summed E-state index contributed by atoms with van der Waals surface area (Å²) < 4.78 is 24.3. The Morgan fingerprint density at radius 2 is 2.05 bits per heavy atom. The second-order valence-corrected chi connectivity index (χ2v) is 6.92. The number of carbonyl (C=O) groups is 2. The SMILES string of the molecule is C[C@H](CN(C)C(=O)[C@@H]1CCCN1S(C)(=O)=O)C(=O)O. The highest BCUT2D eigenvalue weighted by molar-refractivity contribution is 7.88. The molecule has 7 nitrogen and oxygen atoms in total. The number of sulfonamides is 1. The lowest BCUT2D eigenvalue weighted by Crippen LogP contribution is -2.47. The molecular formula is C11H20N2O5S. The lowest BCUT2D eigenvalue weighted by molar-refractivity contribution is -0.143. The van der Waals surface area contributed by atoms with Crippen molar-refractivity contribution < 1.29 is 23.1 Å². The molecule has 2 atom stereocenters. The van der Waals surface area contributed by atoms with Gasteiger partial charge in [-0.2, -0.15) is 4.31 Å². The van der Waals surface area contributed by atoms with Crippen LogP contribution < -0.4 is 0 Å². The van der Waals surface area contributed by atoms with E-state index in [0.29, 0.717) is 19.4 Å². The Bertz CT molecular complexity index is 462. The number of carboxylic acids is 1. The molecule has 8 heteroatoms. The highest BCUT2D eigenvalue weighted by atomic mass is 32.2. The van der Waals surface area contributed by atoms with Gasteiger partial charge in [0.1, 0.15) is 6.04 Å². The first kappa shape index (κ1) is 15.9. The van der Waals surface area contributed by atoms with E-state index in [1.807, 2.05) is 0 Å². The zero-order chi connectivity index (χ0) is 14.8. The molecule has 0 aromatic heterocycles. The second-order valence-electron chi connectivity index (χ2n) is 4.99. The van der Waals surface area contributed by atoms with Crippen LogP contribution in [0.5, 0.6) is 0 Å². The van der Waals surface area contributed by atoms with Gasteiger partial charge in [0.2, 0.25) is 15.9 Å². The summed E-state index contributed by atoms with van der Waals surface area (Å²) in [7, 11) is -1.90. The predicted molar refractivity (Wildman–Crippen MR) is 69.0 cm³/mol. The minimum Gasteiger partial charge on any atom is -0.481 e. The van der Waals surface area contributed by atoms with Gasteiger partial charge in [0.15, 0.2) is 0 Å². The van der Waals surface area contributed by atoms with Gasteiger partial charge < -0.3 is 10.0 Å². The topological polar surface area (TPSA) is 95.0 Å². The molecule has 1 amide bonds. The molecule has 0 spiro atoms. The monoisotopic (exact) mass is 292 g/mol. The molecule has 0 aromatic carbocycles. The van der Waals surface area contributed by atoms with Crippen LogP contribution in [-0.2, 0) is 19.6 Å². The van der Waals surface area contributed by atoms with E-state index in [4.69, 9.17) is 5.11 Å². The molecule has 1 N–H and O–H groups in total. The highest BCUT2D eigenvalue weighted by Crippen LogP contribution is 2.22. The Morgan fingerprint density at radius 1 is 1.47 bits per heavy atom. The molecule has 0 bridgehead atoms. The number of nitrogens with zero attached hydrogens (tertiary/aromatic N) is 2. The molecule has 1 aliphatic heterocycles. The number of carbonyl (C=O) groups excluding carboxylic acids is 1. The summed E-state index contributed by atoms with van der Waals surface area (Å²) in [6.45, 7) is 1.93. The Hall–Kier alpha value is -1.15. The summed E-state index contributed by atoms with van der Waals surface area (Å²) in [6.07, 6.45) is 2.21. The van der Waals surface area contributed by atoms with E-state index in [2.05, 4.69) is 0 Å². The van der Waals surface area contributed by atoms with E-state index < -0.39 is 28.0 Å². The number of hydrogen-bond acceptors (Lipinski definition) is 4. The van der Waals surface area contributed by atoms with Gasteiger partial charge in [-0.1, -0.05) is 6.92 Å². The van der Waals surface area contributed by atoms with Crippen LogP contribution in [0, 0.1) is 5.92 Å². The third-order valence-corrected chi connectivity index (χ3v) is 4.55. The summed E-state index contributed by atoms with van der Waals surface area (Å²) in [5, 5.41) is 8.81. The van der Waals surface area contributed by atoms with Crippen molar-refractivity contribution in [3.63, 3.8) is 0 Å². The minimum absolute atomic E-state index is 0.0717. The van der Waals surface area contributed by atoms with Crippen molar-refractivity contribution in [3.05, 3.63) is 0 Å². The Balaban J connectivity index is 2.74. The van der Waals surface area contributed by atoms with E-state index >= 15 is 0 Å². The van der Waals surface area contributed by atoms with Crippen molar-refractivity contribution in [2.45, 2.75) is 25.8 Å². The number of amides is 1. The molecule has 1 heterocycles. The average molecular weight is 292 g/mol. The summed E-state index contributed by atoms with van der Waals surface area (Å²) in [5.74, 6) is -2.00. The summed E-state index contributed by atoms with van der Waals surface area (Å²) >= 11 is 0. The summed E-state index contributed by atoms with van der Waals surface area (Å²) in [6, 6.07) is -0.694. The normalized spacial score (nSPS) is 22.2. The van der Waals surface area contributed by atoms with Crippen LogP contribution in [-0.4, -0.2) is 67.0 Å². The van der Waals surface area contributed by atoms with E-state index in [-0.39, 0.29) is 12.5 Å². The molecule has 1 aliphatic rings. The smallest absolute Gasteiger partial charge is 0.308 e. The Kier molecular flexibility index (Phi) is 4.92. The van der Waals surface area contributed by atoms with Crippen LogP contribution in [0.25, 0.3) is 0 Å². The van der Waals surface area contributed by atoms with Gasteiger partial charge in [-0.15, -0.1) is 0 Å². The largest absolute Gasteiger partial charge is 0.481 e. The van der Waals surface area contributed by atoms with Gasteiger partial charge in [-0.05, 0) is 12.8 Å². The molecule has 1 fully saturated rings. The number of carboxylic acid groups (broad SMARTS) is 1. The predicted octanol–water partition coefficient (Wildman–Crippen LogP) is -0.410. The number of aliphatic carboxylic acids is 1. The lowest BCUT2D eigenvalue weighted by Gasteiger charge is -2.27. The lowest BCUT2D eigenvalue weighted by atomic mass is 10.1. The van der Waals surface area contributed by atoms with Gasteiger partial charge in [0.05, 0.1) is 12.2 Å². The quantitative estimate of drug-likeness (QED) is 0.743. The van der Waals surface area contributed by atoms with Crippen LogP contribution >= 0.6 is 0 Å². The van der Waals surface area contributed by atoms with E-state index in [0.717, 1.165) is 6.26 Å². The molecule has 0 aliphatic carbocycles. The summed E-state index contributed by atoms with van der Waals surface area (Å²) in [5.41, 5.74) is 0.